The molecule has 1 aromatic heterocycles. The molecule has 2 aromatic carbocycles. The second kappa shape index (κ2) is 8.64. The molecule has 3 aromatic rings. The summed E-state index contributed by atoms with van der Waals surface area (Å²) in [7, 11) is -3.39. The van der Waals surface area contributed by atoms with E-state index in [0.717, 1.165) is 41.2 Å². The molecule has 7 heteroatoms. The van der Waals surface area contributed by atoms with Crippen LogP contribution in [0.1, 0.15) is 29.8 Å². The molecule has 0 atom stereocenters. The van der Waals surface area contributed by atoms with E-state index in [-0.39, 0.29) is 0 Å². The van der Waals surface area contributed by atoms with Crippen molar-refractivity contribution in [1.29, 1.82) is 0 Å². The fourth-order valence-electron chi connectivity index (χ4n) is 3.83. The molecule has 0 aliphatic carbocycles. The zero-order chi connectivity index (χ0) is 21.3. The normalized spacial score (nSPS) is 15.3. The summed E-state index contributed by atoms with van der Waals surface area (Å²) in [6.45, 7) is 5.38. The Morgan fingerprint density at radius 1 is 0.967 bits per heavy atom. The predicted molar refractivity (Wildman–Crippen MR) is 130 cm³/mol. The van der Waals surface area contributed by atoms with Crippen molar-refractivity contribution in [2.24, 2.45) is 4.99 Å². The number of aromatic nitrogens is 1. The molecule has 4 rings (SSSR count). The van der Waals surface area contributed by atoms with Crippen LogP contribution in [0.4, 0.5) is 5.69 Å². The van der Waals surface area contributed by atoms with Gasteiger partial charge >= 0.3 is 0 Å². The number of benzene rings is 2. The summed E-state index contributed by atoms with van der Waals surface area (Å²) in [4.78, 5) is 4.91. The summed E-state index contributed by atoms with van der Waals surface area (Å²) in [5.74, 6) is 0. The molecule has 5 nitrogen and oxygen atoms in total. The van der Waals surface area contributed by atoms with E-state index in [1.807, 2.05) is 6.21 Å². The van der Waals surface area contributed by atoms with Crippen LogP contribution in [0.3, 0.4) is 0 Å². The largest absolute Gasteiger partial charge is 0.318 e. The highest BCUT2D eigenvalue weighted by Gasteiger charge is 2.26. The zero-order valence-corrected chi connectivity index (χ0v) is 20.0. The van der Waals surface area contributed by atoms with E-state index in [4.69, 9.17) is 0 Å². The lowest BCUT2D eigenvalue weighted by atomic mass is 10.2. The molecule has 0 unspecified atom stereocenters. The Kier molecular flexibility index (Phi) is 6.13. The Morgan fingerprint density at radius 3 is 2.23 bits per heavy atom. The molecule has 30 heavy (non-hydrogen) atoms. The third-order valence-corrected chi connectivity index (χ3v) is 8.08. The smallest absolute Gasteiger partial charge is 0.243 e. The van der Waals surface area contributed by atoms with Crippen LogP contribution in [-0.4, -0.2) is 36.6 Å². The van der Waals surface area contributed by atoms with Gasteiger partial charge in [-0.1, -0.05) is 0 Å². The van der Waals surface area contributed by atoms with Gasteiger partial charge in [0.2, 0.25) is 10.0 Å². The fraction of sp³-hybridized carbons (Fsp3) is 0.261. The van der Waals surface area contributed by atoms with E-state index < -0.39 is 10.0 Å². The third kappa shape index (κ3) is 4.24. The molecule has 1 saturated heterocycles. The maximum absolute atomic E-state index is 12.7. The van der Waals surface area contributed by atoms with E-state index in [0.29, 0.717) is 18.0 Å². The molecule has 0 amide bonds. The number of halogens is 1. The standard InChI is InChI=1S/C23H24IN3O2S/c1-17-15-19(18(2)27(17)22-9-5-20(24)6-10-22)16-25-21-7-11-23(12-8-21)30(28,29)26-13-3-4-14-26/h5-12,15-16H,3-4,13-14H2,1-2H3. The van der Waals surface area contributed by atoms with Crippen LogP contribution in [0.2, 0.25) is 0 Å². The Bertz CT molecular complexity index is 1170. The highest BCUT2D eigenvalue weighted by Crippen LogP contribution is 2.24. The number of rotatable bonds is 5. The van der Waals surface area contributed by atoms with Crippen molar-refractivity contribution in [3.8, 4) is 5.69 Å². The van der Waals surface area contributed by atoms with E-state index in [2.05, 4.69) is 76.3 Å². The van der Waals surface area contributed by atoms with Gasteiger partial charge in [-0.25, -0.2) is 8.42 Å². The maximum Gasteiger partial charge on any atom is 0.243 e. The van der Waals surface area contributed by atoms with Crippen molar-refractivity contribution in [3.05, 3.63) is 75.1 Å². The van der Waals surface area contributed by atoms with Crippen LogP contribution in [-0.2, 0) is 10.0 Å². The van der Waals surface area contributed by atoms with E-state index in [9.17, 15) is 8.42 Å². The summed E-state index contributed by atoms with van der Waals surface area (Å²) in [6, 6.07) is 17.4. The van der Waals surface area contributed by atoms with Crippen LogP contribution < -0.4 is 0 Å². The van der Waals surface area contributed by atoms with Gasteiger partial charge in [-0.15, -0.1) is 0 Å². The molecular weight excluding hydrogens is 509 g/mol. The maximum atomic E-state index is 12.7. The van der Waals surface area contributed by atoms with Gasteiger partial charge in [0.1, 0.15) is 0 Å². The fourth-order valence-corrected chi connectivity index (χ4v) is 5.71. The number of aliphatic imine (C=N–C) groups is 1. The number of hydrogen-bond donors (Lipinski definition) is 0. The number of hydrogen-bond acceptors (Lipinski definition) is 3. The molecule has 1 aliphatic heterocycles. The number of nitrogens with zero attached hydrogens (tertiary/aromatic N) is 3. The summed E-state index contributed by atoms with van der Waals surface area (Å²) in [5, 5.41) is 0. The molecule has 2 heterocycles. The predicted octanol–water partition coefficient (Wildman–Crippen LogP) is 5.23. The van der Waals surface area contributed by atoms with E-state index >= 15 is 0 Å². The molecule has 156 valence electrons. The Balaban J connectivity index is 1.56. The van der Waals surface area contributed by atoms with Crippen molar-refractivity contribution < 1.29 is 8.42 Å². The SMILES string of the molecule is Cc1cc(C=Nc2ccc(S(=O)(=O)N3CCCC3)cc2)c(C)n1-c1ccc(I)cc1. The second-order valence-corrected chi connectivity index (χ2v) is 10.7. The first-order valence-corrected chi connectivity index (χ1v) is 12.5. The van der Waals surface area contributed by atoms with Crippen molar-refractivity contribution in [2.75, 3.05) is 13.1 Å². The van der Waals surface area contributed by atoms with Crippen LogP contribution in [0.25, 0.3) is 5.69 Å². The molecule has 0 bridgehead atoms. The zero-order valence-electron chi connectivity index (χ0n) is 17.0. The second-order valence-electron chi connectivity index (χ2n) is 7.50. The molecule has 1 fully saturated rings. The van der Waals surface area contributed by atoms with Gasteiger partial charge in [0, 0.05) is 45.5 Å². The molecule has 0 spiro atoms. The van der Waals surface area contributed by atoms with Gasteiger partial charge in [-0.2, -0.15) is 4.31 Å². The summed E-state index contributed by atoms with van der Waals surface area (Å²) < 4.78 is 30.3. The molecule has 1 aliphatic rings. The third-order valence-electron chi connectivity index (χ3n) is 5.45. The molecule has 0 radical (unpaired) electrons. The van der Waals surface area contributed by atoms with Gasteiger partial charge in [-0.3, -0.25) is 4.99 Å². The lowest BCUT2D eigenvalue weighted by Crippen LogP contribution is -2.27. The van der Waals surface area contributed by atoms with Crippen LogP contribution in [0.5, 0.6) is 0 Å². The monoisotopic (exact) mass is 533 g/mol. The first-order chi connectivity index (χ1) is 14.4. The minimum absolute atomic E-state index is 0.334. The van der Waals surface area contributed by atoms with Crippen molar-refractivity contribution in [3.63, 3.8) is 0 Å². The lowest BCUT2D eigenvalue weighted by molar-refractivity contribution is 0.477. The first kappa shape index (κ1) is 21.3. The minimum Gasteiger partial charge on any atom is -0.318 e. The Labute approximate surface area is 191 Å². The summed E-state index contributed by atoms with van der Waals surface area (Å²) >= 11 is 2.31. The van der Waals surface area contributed by atoms with Crippen LogP contribution in [0.15, 0.2) is 64.5 Å². The Hall–Kier alpha value is -1.97. The van der Waals surface area contributed by atoms with E-state index in [1.54, 1.807) is 28.6 Å². The number of aryl methyl sites for hydroxylation is 1. The van der Waals surface area contributed by atoms with Gasteiger partial charge in [0.05, 0.1) is 10.6 Å². The summed E-state index contributed by atoms with van der Waals surface area (Å²) in [6.07, 6.45) is 3.71. The average Bonchev–Trinajstić information content (AvgIpc) is 3.37. The van der Waals surface area contributed by atoms with E-state index in [1.165, 1.54) is 3.57 Å². The van der Waals surface area contributed by atoms with Gasteiger partial charge in [0.15, 0.2) is 0 Å². The molecule has 0 N–H and O–H groups in total. The van der Waals surface area contributed by atoms with Gasteiger partial charge in [-0.05, 0) is 104 Å². The quantitative estimate of drug-likeness (QED) is 0.333. The topological polar surface area (TPSA) is 54.7 Å². The Morgan fingerprint density at radius 2 is 1.60 bits per heavy atom. The first-order valence-electron chi connectivity index (χ1n) is 9.95. The van der Waals surface area contributed by atoms with Gasteiger partial charge in [0.25, 0.3) is 0 Å². The van der Waals surface area contributed by atoms with Gasteiger partial charge < -0.3 is 4.57 Å². The number of sulfonamides is 1. The van der Waals surface area contributed by atoms with Crippen LogP contribution >= 0.6 is 22.6 Å². The highest BCUT2D eigenvalue weighted by atomic mass is 127. The minimum atomic E-state index is -3.39. The van der Waals surface area contributed by atoms with Crippen molar-refractivity contribution >= 4 is 44.5 Å². The summed E-state index contributed by atoms with van der Waals surface area (Å²) in [5.41, 5.74) is 5.16. The average molecular weight is 533 g/mol. The lowest BCUT2D eigenvalue weighted by Gasteiger charge is -2.15. The van der Waals surface area contributed by atoms with Crippen molar-refractivity contribution in [2.45, 2.75) is 31.6 Å². The molecular formula is C23H24IN3O2S. The highest BCUT2D eigenvalue weighted by molar-refractivity contribution is 14.1. The molecule has 0 saturated carbocycles. The van der Waals surface area contributed by atoms with Crippen LogP contribution in [0, 0.1) is 17.4 Å². The van der Waals surface area contributed by atoms with Crippen molar-refractivity contribution in [1.82, 2.24) is 8.87 Å².